The number of likely N-dealkylation sites (tertiary alicyclic amines) is 1. The van der Waals surface area contributed by atoms with Crippen LogP contribution in [0.15, 0.2) is 36.5 Å². The van der Waals surface area contributed by atoms with Crippen LogP contribution in [-0.2, 0) is 4.79 Å². The number of nitrogens with one attached hydrogen (secondary N) is 2. The Bertz CT molecular complexity index is 1200. The number of ether oxygens (including phenoxy) is 1. The van der Waals surface area contributed by atoms with Gasteiger partial charge in [0.15, 0.2) is 0 Å². The molecule has 0 radical (unpaired) electrons. The van der Waals surface area contributed by atoms with Crippen LogP contribution >= 0.6 is 0 Å². The molecule has 2 aliphatic heterocycles. The fraction of sp³-hybridized carbons (Fsp3) is 0.552. The maximum Gasteiger partial charge on any atom is 0.395 e. The van der Waals surface area contributed by atoms with Crippen LogP contribution in [0.3, 0.4) is 0 Å². The van der Waals surface area contributed by atoms with Crippen LogP contribution in [0.4, 0.5) is 17.6 Å². The summed E-state index contributed by atoms with van der Waals surface area (Å²) in [6, 6.07) is 7.14. The minimum atomic E-state index is -4.14. The lowest BCUT2D eigenvalue weighted by molar-refractivity contribution is -0.256. The van der Waals surface area contributed by atoms with Gasteiger partial charge in [0.1, 0.15) is 5.82 Å². The number of imide groups is 1. The van der Waals surface area contributed by atoms with Crippen molar-refractivity contribution in [1.82, 2.24) is 20.5 Å². The zero-order valence-electron chi connectivity index (χ0n) is 22.2. The van der Waals surface area contributed by atoms with Crippen molar-refractivity contribution in [1.29, 1.82) is 0 Å². The minimum Gasteiger partial charge on any atom is -0.477 e. The van der Waals surface area contributed by atoms with E-state index in [2.05, 4.69) is 15.6 Å². The Balaban J connectivity index is 1.09. The lowest BCUT2D eigenvalue weighted by Gasteiger charge is -2.47. The molecule has 3 heterocycles. The fourth-order valence-electron chi connectivity index (χ4n) is 5.77. The van der Waals surface area contributed by atoms with Crippen molar-refractivity contribution in [3.8, 4) is 17.0 Å². The molecule has 0 unspecified atom stereocenters. The lowest BCUT2D eigenvalue weighted by Crippen LogP contribution is -2.53. The maximum atomic E-state index is 14.7. The number of nitrogens with zero attached hydrogens (tertiary/aromatic N) is 2. The minimum absolute atomic E-state index is 0.0927. The Morgan fingerprint density at radius 3 is 2.40 bits per heavy atom. The molecule has 1 aromatic heterocycles. The molecule has 2 aromatic rings. The van der Waals surface area contributed by atoms with Crippen molar-refractivity contribution in [2.75, 3.05) is 32.8 Å². The average Bonchev–Trinajstić information content (AvgIpc) is 3.45. The molecule has 3 aliphatic rings. The highest BCUT2D eigenvalue weighted by Gasteiger charge is 2.58. The van der Waals surface area contributed by atoms with Gasteiger partial charge in [-0.2, -0.15) is 13.2 Å². The third kappa shape index (κ3) is 6.30. The number of hydrogen-bond donors (Lipinski definition) is 2. The Labute approximate surface area is 230 Å². The molecule has 5 rings (SSSR count). The van der Waals surface area contributed by atoms with Gasteiger partial charge in [-0.25, -0.2) is 9.37 Å². The van der Waals surface area contributed by atoms with E-state index in [1.54, 1.807) is 24.4 Å². The van der Waals surface area contributed by atoms with Crippen LogP contribution in [0.1, 0.15) is 55.3 Å². The smallest absolute Gasteiger partial charge is 0.395 e. The summed E-state index contributed by atoms with van der Waals surface area (Å²) < 4.78 is 61.0. The number of alkyl halides is 3. The molecule has 1 aliphatic carbocycles. The Kier molecular flexibility index (Phi) is 8.42. The largest absolute Gasteiger partial charge is 0.477 e. The number of pyridine rings is 1. The molecule has 2 N–H and O–H groups in total. The average molecular weight is 563 g/mol. The first-order chi connectivity index (χ1) is 19.1. The molecular formula is C29H34F4N4O3. The number of piperidine rings is 1. The lowest BCUT2D eigenvalue weighted by atomic mass is 9.67. The van der Waals surface area contributed by atoms with Gasteiger partial charge in [-0.3, -0.25) is 14.9 Å². The number of carbonyl (C=O) groups excluding carboxylic acids is 2. The predicted octanol–water partition coefficient (Wildman–Crippen LogP) is 4.72. The third-order valence-corrected chi connectivity index (χ3v) is 8.51. The van der Waals surface area contributed by atoms with Gasteiger partial charge in [-0.05, 0) is 87.8 Å². The number of rotatable bonds is 8. The number of carbonyl (C=O) groups is 2. The van der Waals surface area contributed by atoms with E-state index in [4.69, 9.17) is 4.74 Å². The van der Waals surface area contributed by atoms with Crippen molar-refractivity contribution in [3.05, 3.63) is 47.9 Å². The van der Waals surface area contributed by atoms with Gasteiger partial charge in [0.25, 0.3) is 5.91 Å². The summed E-state index contributed by atoms with van der Waals surface area (Å²) in [5.74, 6) is -1.33. The first kappa shape index (κ1) is 28.5. The quantitative estimate of drug-likeness (QED) is 0.358. The molecule has 0 bridgehead atoms. The molecule has 0 spiro atoms. The molecular weight excluding hydrogens is 528 g/mol. The summed E-state index contributed by atoms with van der Waals surface area (Å²) in [5, 5.41) is 5.25. The van der Waals surface area contributed by atoms with E-state index in [-0.39, 0.29) is 30.9 Å². The van der Waals surface area contributed by atoms with Gasteiger partial charge in [-0.15, -0.1) is 0 Å². The number of amides is 2. The zero-order chi connectivity index (χ0) is 28.3. The molecule has 2 amide bonds. The van der Waals surface area contributed by atoms with E-state index in [0.29, 0.717) is 56.1 Å². The topological polar surface area (TPSA) is 83.6 Å². The second kappa shape index (κ2) is 11.8. The monoisotopic (exact) mass is 562 g/mol. The summed E-state index contributed by atoms with van der Waals surface area (Å²) in [6.07, 6.45) is 1.55. The summed E-state index contributed by atoms with van der Waals surface area (Å²) in [5.41, 5.74) is -0.585. The molecule has 11 heteroatoms. The van der Waals surface area contributed by atoms with E-state index in [1.165, 1.54) is 12.1 Å². The first-order valence-electron chi connectivity index (χ1n) is 13.9. The Hall–Kier alpha value is -3.05. The molecule has 1 atom stereocenters. The summed E-state index contributed by atoms with van der Waals surface area (Å²) >= 11 is 0. The van der Waals surface area contributed by atoms with Crippen LogP contribution in [-0.4, -0.2) is 66.7 Å². The van der Waals surface area contributed by atoms with Crippen LogP contribution in [0, 0.1) is 17.2 Å². The van der Waals surface area contributed by atoms with E-state index in [1.807, 2.05) is 4.90 Å². The van der Waals surface area contributed by atoms with Crippen molar-refractivity contribution in [2.24, 2.45) is 11.3 Å². The maximum absolute atomic E-state index is 14.7. The highest BCUT2D eigenvalue weighted by atomic mass is 19.4. The van der Waals surface area contributed by atoms with Crippen LogP contribution in [0.25, 0.3) is 11.1 Å². The van der Waals surface area contributed by atoms with E-state index in [9.17, 15) is 27.2 Å². The molecule has 7 nitrogen and oxygen atoms in total. The van der Waals surface area contributed by atoms with Gasteiger partial charge in [0, 0.05) is 24.4 Å². The third-order valence-electron chi connectivity index (χ3n) is 8.51. The van der Waals surface area contributed by atoms with Gasteiger partial charge in [0.05, 0.1) is 23.6 Å². The first-order valence-corrected chi connectivity index (χ1v) is 13.9. The molecule has 2 saturated heterocycles. The van der Waals surface area contributed by atoms with Gasteiger partial charge in [0.2, 0.25) is 11.8 Å². The van der Waals surface area contributed by atoms with Crippen molar-refractivity contribution in [3.63, 3.8) is 0 Å². The predicted molar refractivity (Wildman–Crippen MR) is 140 cm³/mol. The van der Waals surface area contributed by atoms with E-state index >= 15 is 0 Å². The Morgan fingerprint density at radius 1 is 1.07 bits per heavy atom. The summed E-state index contributed by atoms with van der Waals surface area (Å²) in [7, 11) is 0. The molecule has 1 aromatic carbocycles. The van der Waals surface area contributed by atoms with Crippen molar-refractivity contribution in [2.45, 2.75) is 57.2 Å². The Morgan fingerprint density at radius 2 is 1.82 bits per heavy atom. The molecule has 216 valence electrons. The van der Waals surface area contributed by atoms with E-state index in [0.717, 1.165) is 19.3 Å². The SMILES string of the molecule is O=C(NC(=O)[C@@H]1CCCN1)c1ccc(-c2ccc(OCC3CCN(CC4(C(F)(F)F)CCC4)CC3)nc2)cc1F. The molecule has 40 heavy (non-hydrogen) atoms. The van der Waals surface area contributed by atoms with Crippen molar-refractivity contribution < 1.29 is 31.9 Å². The number of halogens is 4. The normalized spacial score (nSPS) is 21.6. The summed E-state index contributed by atoms with van der Waals surface area (Å²) in [4.78, 5) is 30.8. The molecule has 1 saturated carbocycles. The molecule has 3 fully saturated rings. The van der Waals surface area contributed by atoms with Gasteiger partial charge in [-0.1, -0.05) is 12.5 Å². The second-order valence-electron chi connectivity index (χ2n) is 11.2. The second-order valence-corrected chi connectivity index (χ2v) is 11.2. The highest BCUT2D eigenvalue weighted by molar-refractivity contribution is 6.06. The van der Waals surface area contributed by atoms with Crippen LogP contribution in [0.5, 0.6) is 5.88 Å². The van der Waals surface area contributed by atoms with Gasteiger partial charge < -0.3 is 15.0 Å². The summed E-state index contributed by atoms with van der Waals surface area (Å²) in [6.45, 7) is 2.49. The number of hydrogen-bond acceptors (Lipinski definition) is 6. The zero-order valence-corrected chi connectivity index (χ0v) is 22.2. The number of aromatic nitrogens is 1. The standard InChI is InChI=1S/C29H34F4N4O3/c30-23-15-20(4-6-22(23)26(38)36-27(39)24-3-1-12-34-24)21-5-7-25(35-16-21)40-17-19-8-13-37(14-9-19)18-28(10-2-11-28)29(31,32)33/h4-7,15-16,19,24,34H,1-3,8-14,17-18H2,(H,36,38,39)/t24-/m0/s1. The van der Waals surface area contributed by atoms with Crippen molar-refractivity contribution >= 4 is 11.8 Å². The fourth-order valence-corrected chi connectivity index (χ4v) is 5.77. The highest BCUT2D eigenvalue weighted by Crippen LogP contribution is 2.53. The van der Waals surface area contributed by atoms with E-state index < -0.39 is 35.3 Å². The van der Waals surface area contributed by atoms with Gasteiger partial charge >= 0.3 is 6.18 Å². The van der Waals surface area contributed by atoms with Crippen LogP contribution in [0.2, 0.25) is 0 Å². The number of benzene rings is 1. The van der Waals surface area contributed by atoms with Crippen LogP contribution < -0.4 is 15.4 Å².